The third-order valence-electron chi connectivity index (χ3n) is 4.34. The molecule has 7 heteroatoms. The van der Waals surface area contributed by atoms with Crippen molar-refractivity contribution in [3.63, 3.8) is 0 Å². The molecule has 0 radical (unpaired) electrons. The van der Waals surface area contributed by atoms with Crippen molar-refractivity contribution in [2.45, 2.75) is 19.6 Å². The third kappa shape index (κ3) is 4.66. The van der Waals surface area contributed by atoms with E-state index in [1.54, 1.807) is 0 Å². The SMILES string of the molecule is CN(C)CCOC[C@H]1CN(Cc2cnn(C)c2)Cc2ccnn2C1. The normalized spacial score (nSPS) is 18.8. The summed E-state index contributed by atoms with van der Waals surface area (Å²) in [7, 11) is 6.10. The van der Waals surface area contributed by atoms with Gasteiger partial charge in [-0.05, 0) is 20.2 Å². The molecule has 2 aromatic rings. The van der Waals surface area contributed by atoms with Crippen molar-refractivity contribution >= 4 is 0 Å². The van der Waals surface area contributed by atoms with E-state index in [0.717, 1.165) is 45.9 Å². The fourth-order valence-electron chi connectivity index (χ4n) is 3.15. The number of aromatic nitrogens is 4. The molecular formula is C17H28N6O. The zero-order chi connectivity index (χ0) is 16.9. The van der Waals surface area contributed by atoms with E-state index in [-0.39, 0.29) is 0 Å². The molecule has 1 atom stereocenters. The highest BCUT2D eigenvalue weighted by Gasteiger charge is 2.22. The van der Waals surface area contributed by atoms with Gasteiger partial charge in [0.15, 0.2) is 0 Å². The van der Waals surface area contributed by atoms with Gasteiger partial charge in [0, 0.05) is 63.6 Å². The molecule has 24 heavy (non-hydrogen) atoms. The van der Waals surface area contributed by atoms with Gasteiger partial charge in [0.25, 0.3) is 0 Å². The number of nitrogens with zero attached hydrogens (tertiary/aromatic N) is 6. The van der Waals surface area contributed by atoms with Crippen LogP contribution < -0.4 is 0 Å². The highest BCUT2D eigenvalue weighted by Crippen LogP contribution is 2.18. The van der Waals surface area contributed by atoms with Crippen molar-refractivity contribution in [2.24, 2.45) is 13.0 Å². The quantitative estimate of drug-likeness (QED) is 0.703. The van der Waals surface area contributed by atoms with Crippen molar-refractivity contribution in [2.75, 3.05) is 40.4 Å². The van der Waals surface area contributed by atoms with Gasteiger partial charge in [0.1, 0.15) is 0 Å². The maximum atomic E-state index is 5.91. The average Bonchev–Trinajstić information content (AvgIpc) is 3.09. The van der Waals surface area contributed by atoms with E-state index in [0.29, 0.717) is 5.92 Å². The standard InChI is InChI=1S/C17H28N6O/c1-20(2)6-7-24-14-16-11-22(10-15-8-19-21(3)9-15)13-17-4-5-18-23(17)12-16/h4-5,8-9,16H,6-7,10-14H2,1-3H3/t16-/m0/s1. The van der Waals surface area contributed by atoms with Crippen LogP contribution in [0, 0.1) is 5.92 Å². The van der Waals surface area contributed by atoms with Crippen LogP contribution in [0.1, 0.15) is 11.3 Å². The maximum Gasteiger partial charge on any atom is 0.0593 e. The predicted octanol–water partition coefficient (Wildman–Crippen LogP) is 0.827. The zero-order valence-electron chi connectivity index (χ0n) is 14.9. The van der Waals surface area contributed by atoms with Crippen LogP contribution in [0.5, 0.6) is 0 Å². The lowest BCUT2D eigenvalue weighted by Gasteiger charge is -2.23. The van der Waals surface area contributed by atoms with Gasteiger partial charge in [-0.1, -0.05) is 0 Å². The topological polar surface area (TPSA) is 51.4 Å². The van der Waals surface area contributed by atoms with Crippen molar-refractivity contribution in [3.8, 4) is 0 Å². The van der Waals surface area contributed by atoms with Crippen LogP contribution in [0.4, 0.5) is 0 Å². The Hall–Kier alpha value is -1.70. The molecule has 0 aliphatic carbocycles. The minimum atomic E-state index is 0.449. The minimum Gasteiger partial charge on any atom is -0.380 e. The second-order valence-corrected chi connectivity index (χ2v) is 6.94. The van der Waals surface area contributed by atoms with Crippen LogP contribution in [-0.4, -0.2) is 69.8 Å². The van der Waals surface area contributed by atoms with E-state index in [2.05, 4.69) is 51.0 Å². The van der Waals surface area contributed by atoms with E-state index in [9.17, 15) is 0 Å². The summed E-state index contributed by atoms with van der Waals surface area (Å²) in [5.41, 5.74) is 2.52. The summed E-state index contributed by atoms with van der Waals surface area (Å²) in [5.74, 6) is 0.449. The molecule has 0 amide bonds. The summed E-state index contributed by atoms with van der Waals surface area (Å²) in [6, 6.07) is 2.12. The van der Waals surface area contributed by atoms with Gasteiger partial charge < -0.3 is 9.64 Å². The van der Waals surface area contributed by atoms with Gasteiger partial charge in [0.2, 0.25) is 0 Å². The number of likely N-dealkylation sites (N-methyl/N-ethyl adjacent to an activating group) is 1. The Kier molecular flexibility index (Phi) is 5.65. The second-order valence-electron chi connectivity index (χ2n) is 6.94. The summed E-state index contributed by atoms with van der Waals surface area (Å²) in [6.07, 6.45) is 5.93. The summed E-state index contributed by atoms with van der Waals surface area (Å²) < 4.78 is 9.90. The van der Waals surface area contributed by atoms with E-state index < -0.39 is 0 Å². The Labute approximate surface area is 143 Å². The lowest BCUT2D eigenvalue weighted by atomic mass is 10.1. The molecule has 7 nitrogen and oxygen atoms in total. The van der Waals surface area contributed by atoms with Crippen molar-refractivity contribution in [1.82, 2.24) is 29.4 Å². The highest BCUT2D eigenvalue weighted by molar-refractivity contribution is 5.06. The number of hydrogen-bond donors (Lipinski definition) is 0. The lowest BCUT2D eigenvalue weighted by molar-refractivity contribution is 0.0673. The van der Waals surface area contributed by atoms with Crippen LogP contribution >= 0.6 is 0 Å². The Morgan fingerprint density at radius 2 is 2.17 bits per heavy atom. The van der Waals surface area contributed by atoms with Crippen LogP contribution in [0.2, 0.25) is 0 Å². The molecule has 0 fully saturated rings. The van der Waals surface area contributed by atoms with Gasteiger partial charge >= 0.3 is 0 Å². The van der Waals surface area contributed by atoms with Gasteiger partial charge in [0.05, 0.1) is 25.1 Å². The Bertz CT molecular complexity index is 635. The van der Waals surface area contributed by atoms with Crippen LogP contribution in [-0.2, 0) is 31.4 Å². The fourth-order valence-corrected chi connectivity index (χ4v) is 3.15. The molecule has 0 N–H and O–H groups in total. The number of ether oxygens (including phenoxy) is 1. The molecule has 0 unspecified atom stereocenters. The molecule has 1 aliphatic heterocycles. The van der Waals surface area contributed by atoms with Crippen LogP contribution in [0.15, 0.2) is 24.7 Å². The van der Waals surface area contributed by atoms with E-state index in [4.69, 9.17) is 4.74 Å². The van der Waals surface area contributed by atoms with Crippen LogP contribution in [0.3, 0.4) is 0 Å². The smallest absolute Gasteiger partial charge is 0.0593 e. The number of hydrogen-bond acceptors (Lipinski definition) is 5. The molecule has 3 rings (SSSR count). The lowest BCUT2D eigenvalue weighted by Crippen LogP contribution is -2.30. The molecule has 2 aromatic heterocycles. The summed E-state index contributed by atoms with van der Waals surface area (Å²) in [5, 5.41) is 8.76. The molecule has 132 valence electrons. The molecular weight excluding hydrogens is 304 g/mol. The van der Waals surface area contributed by atoms with Gasteiger partial charge in [-0.25, -0.2) is 0 Å². The first-order valence-corrected chi connectivity index (χ1v) is 8.53. The van der Waals surface area contributed by atoms with E-state index in [1.807, 2.05) is 24.1 Å². The summed E-state index contributed by atoms with van der Waals surface area (Å²) in [6.45, 7) is 6.28. The van der Waals surface area contributed by atoms with Gasteiger partial charge in [-0.2, -0.15) is 10.2 Å². The first kappa shape index (κ1) is 17.1. The van der Waals surface area contributed by atoms with E-state index in [1.165, 1.54) is 11.3 Å². The van der Waals surface area contributed by atoms with Crippen molar-refractivity contribution < 1.29 is 4.74 Å². The minimum absolute atomic E-state index is 0.449. The molecule has 0 saturated heterocycles. The molecule has 1 aliphatic rings. The Balaban J connectivity index is 1.61. The van der Waals surface area contributed by atoms with Gasteiger partial charge in [-0.3, -0.25) is 14.3 Å². The molecule has 0 saturated carbocycles. The fraction of sp³-hybridized carbons (Fsp3) is 0.647. The third-order valence-corrected chi connectivity index (χ3v) is 4.34. The molecule has 3 heterocycles. The predicted molar refractivity (Wildman–Crippen MR) is 92.4 cm³/mol. The monoisotopic (exact) mass is 332 g/mol. The molecule has 0 spiro atoms. The largest absolute Gasteiger partial charge is 0.380 e. The number of fused-ring (bicyclic) bond motifs is 1. The second kappa shape index (κ2) is 7.92. The molecule has 0 aromatic carbocycles. The number of rotatable bonds is 7. The van der Waals surface area contributed by atoms with E-state index >= 15 is 0 Å². The molecule has 0 bridgehead atoms. The van der Waals surface area contributed by atoms with Crippen LogP contribution in [0.25, 0.3) is 0 Å². The highest BCUT2D eigenvalue weighted by atomic mass is 16.5. The summed E-state index contributed by atoms with van der Waals surface area (Å²) >= 11 is 0. The van der Waals surface area contributed by atoms with Gasteiger partial charge in [-0.15, -0.1) is 0 Å². The maximum absolute atomic E-state index is 5.91. The summed E-state index contributed by atoms with van der Waals surface area (Å²) in [4.78, 5) is 4.62. The Morgan fingerprint density at radius 3 is 2.92 bits per heavy atom. The first-order chi connectivity index (χ1) is 11.6. The van der Waals surface area contributed by atoms with Crippen molar-refractivity contribution in [3.05, 3.63) is 35.9 Å². The van der Waals surface area contributed by atoms with Crippen molar-refractivity contribution in [1.29, 1.82) is 0 Å². The Morgan fingerprint density at radius 1 is 1.29 bits per heavy atom. The number of aryl methyl sites for hydroxylation is 1. The zero-order valence-corrected chi connectivity index (χ0v) is 14.9. The first-order valence-electron chi connectivity index (χ1n) is 8.53. The average molecular weight is 332 g/mol.